The molecule has 20 heavy (non-hydrogen) atoms. The molecule has 2 atom stereocenters. The first-order valence-corrected chi connectivity index (χ1v) is 7.82. The Morgan fingerprint density at radius 3 is 2.80 bits per heavy atom. The minimum Gasteiger partial charge on any atom is -0.378 e. The highest BCUT2D eigenvalue weighted by atomic mass is 16.5. The Morgan fingerprint density at radius 2 is 2.15 bits per heavy atom. The summed E-state index contributed by atoms with van der Waals surface area (Å²) >= 11 is 0. The fourth-order valence-corrected chi connectivity index (χ4v) is 3.96. The number of rotatable bonds is 5. The Labute approximate surface area is 120 Å². The van der Waals surface area contributed by atoms with Crippen LogP contribution in [0, 0.1) is 5.41 Å². The number of ether oxygens (including phenoxy) is 1. The van der Waals surface area contributed by atoms with Crippen molar-refractivity contribution in [3.8, 4) is 0 Å². The number of aryl methyl sites for hydroxylation is 1. The molecule has 1 spiro atoms. The van der Waals surface area contributed by atoms with E-state index in [0.717, 1.165) is 25.4 Å². The van der Waals surface area contributed by atoms with Gasteiger partial charge in [0.1, 0.15) is 0 Å². The number of aromatic nitrogens is 4. The normalized spacial score (nSPS) is 28.5. The van der Waals surface area contributed by atoms with E-state index in [1.165, 1.54) is 32.1 Å². The van der Waals surface area contributed by atoms with Gasteiger partial charge in [0.25, 0.3) is 0 Å². The van der Waals surface area contributed by atoms with Crippen molar-refractivity contribution in [2.75, 3.05) is 6.61 Å². The van der Waals surface area contributed by atoms with Crippen LogP contribution in [0.5, 0.6) is 0 Å². The van der Waals surface area contributed by atoms with E-state index in [2.05, 4.69) is 27.8 Å². The van der Waals surface area contributed by atoms with E-state index >= 15 is 0 Å². The largest absolute Gasteiger partial charge is 0.378 e. The molecule has 2 fully saturated rings. The van der Waals surface area contributed by atoms with Crippen LogP contribution in [0.15, 0.2) is 0 Å². The fraction of sp³-hybridized carbons (Fsp3) is 0.929. The molecule has 0 radical (unpaired) electrons. The third kappa shape index (κ3) is 2.35. The number of tetrazole rings is 1. The monoisotopic (exact) mass is 279 g/mol. The second-order valence-electron chi connectivity index (χ2n) is 6.13. The number of nitrogens with one attached hydrogen (secondary N) is 1. The van der Waals surface area contributed by atoms with E-state index in [1.54, 1.807) is 4.68 Å². The third-order valence-electron chi connectivity index (χ3n) is 5.15. The van der Waals surface area contributed by atoms with Gasteiger partial charge in [-0.15, -0.1) is 5.10 Å². The molecular formula is C14H25N5O. The maximum Gasteiger partial charge on any atom is 0.164 e. The average molecular weight is 279 g/mol. The quantitative estimate of drug-likeness (QED) is 0.883. The van der Waals surface area contributed by atoms with Crippen LogP contribution in [0.1, 0.15) is 51.3 Å². The first-order chi connectivity index (χ1) is 9.76. The van der Waals surface area contributed by atoms with E-state index in [-0.39, 0.29) is 0 Å². The highest BCUT2D eigenvalue weighted by Crippen LogP contribution is 2.53. The second-order valence-corrected chi connectivity index (χ2v) is 6.13. The van der Waals surface area contributed by atoms with Crippen LogP contribution in [0.3, 0.4) is 0 Å². The van der Waals surface area contributed by atoms with Crippen molar-refractivity contribution < 1.29 is 4.74 Å². The molecule has 0 amide bonds. The lowest BCUT2D eigenvalue weighted by atomic mass is 9.55. The van der Waals surface area contributed by atoms with E-state index in [1.807, 2.05) is 7.05 Å². The molecule has 0 saturated heterocycles. The number of nitrogens with zero attached hydrogens (tertiary/aromatic N) is 4. The van der Waals surface area contributed by atoms with Gasteiger partial charge in [0, 0.05) is 25.1 Å². The lowest BCUT2D eigenvalue weighted by Crippen LogP contribution is -2.64. The Morgan fingerprint density at radius 1 is 1.35 bits per heavy atom. The molecule has 0 bridgehead atoms. The standard InChI is InChI=1S/C14H25N5O/c1-3-20-12-9-11(14(12)7-5-4-6-8-14)15-10-13-16-17-18-19(13)2/h11-12,15H,3-10H2,1-2H3/t11-,12+/m0/s1. The Hall–Kier alpha value is -1.01. The molecule has 6 heteroatoms. The zero-order chi connectivity index (χ0) is 14.0. The Bertz CT molecular complexity index is 441. The van der Waals surface area contributed by atoms with Gasteiger partial charge >= 0.3 is 0 Å². The summed E-state index contributed by atoms with van der Waals surface area (Å²) < 4.78 is 7.71. The van der Waals surface area contributed by atoms with Crippen molar-refractivity contribution in [3.05, 3.63) is 5.82 Å². The fourth-order valence-electron chi connectivity index (χ4n) is 3.96. The van der Waals surface area contributed by atoms with Crippen molar-refractivity contribution in [3.63, 3.8) is 0 Å². The first-order valence-electron chi connectivity index (χ1n) is 7.82. The van der Waals surface area contributed by atoms with Crippen molar-refractivity contribution in [1.29, 1.82) is 0 Å². The molecule has 112 valence electrons. The lowest BCUT2D eigenvalue weighted by Gasteiger charge is -2.58. The summed E-state index contributed by atoms with van der Waals surface area (Å²) in [5, 5.41) is 15.3. The molecule has 1 aromatic rings. The molecule has 2 saturated carbocycles. The van der Waals surface area contributed by atoms with Crippen LogP contribution in [0.4, 0.5) is 0 Å². The molecule has 3 rings (SSSR count). The van der Waals surface area contributed by atoms with Crippen molar-refractivity contribution >= 4 is 0 Å². The van der Waals surface area contributed by atoms with Crippen LogP contribution in [-0.2, 0) is 18.3 Å². The molecule has 0 aliphatic heterocycles. The van der Waals surface area contributed by atoms with Crippen molar-refractivity contribution in [2.24, 2.45) is 12.5 Å². The lowest BCUT2D eigenvalue weighted by molar-refractivity contribution is -0.150. The smallest absolute Gasteiger partial charge is 0.164 e. The van der Waals surface area contributed by atoms with Gasteiger partial charge in [0.2, 0.25) is 0 Å². The first kappa shape index (κ1) is 13.9. The Balaban J connectivity index is 1.62. The van der Waals surface area contributed by atoms with Gasteiger partial charge in [-0.1, -0.05) is 19.3 Å². The minimum absolute atomic E-state index is 0.361. The molecule has 2 aliphatic rings. The average Bonchev–Trinajstić information content (AvgIpc) is 2.88. The summed E-state index contributed by atoms with van der Waals surface area (Å²) in [6, 6.07) is 0.552. The molecule has 1 heterocycles. The molecule has 1 aromatic heterocycles. The van der Waals surface area contributed by atoms with Gasteiger partial charge in [-0.3, -0.25) is 0 Å². The summed E-state index contributed by atoms with van der Waals surface area (Å²) in [6.07, 6.45) is 8.22. The van der Waals surface area contributed by atoms with Gasteiger partial charge < -0.3 is 10.1 Å². The zero-order valence-electron chi connectivity index (χ0n) is 12.5. The predicted octanol–water partition coefficient (Wildman–Crippen LogP) is 1.43. The van der Waals surface area contributed by atoms with E-state index in [4.69, 9.17) is 4.74 Å². The summed E-state index contributed by atoms with van der Waals surface area (Å²) in [7, 11) is 1.89. The van der Waals surface area contributed by atoms with Gasteiger partial charge in [0.05, 0.1) is 12.6 Å². The predicted molar refractivity (Wildman–Crippen MR) is 75.0 cm³/mol. The molecule has 6 nitrogen and oxygen atoms in total. The summed E-state index contributed by atoms with van der Waals surface area (Å²) in [4.78, 5) is 0. The maximum atomic E-state index is 5.98. The van der Waals surface area contributed by atoms with E-state index in [9.17, 15) is 0 Å². The topological polar surface area (TPSA) is 64.9 Å². The van der Waals surface area contributed by atoms with Crippen LogP contribution < -0.4 is 5.32 Å². The minimum atomic E-state index is 0.361. The third-order valence-corrected chi connectivity index (χ3v) is 5.15. The van der Waals surface area contributed by atoms with Gasteiger partial charge in [-0.25, -0.2) is 4.68 Å². The summed E-state index contributed by atoms with van der Waals surface area (Å²) in [5.74, 6) is 0.899. The molecular weight excluding hydrogens is 254 g/mol. The molecule has 0 unspecified atom stereocenters. The van der Waals surface area contributed by atoms with Crippen LogP contribution in [0.2, 0.25) is 0 Å². The highest BCUT2D eigenvalue weighted by molar-refractivity contribution is 5.09. The number of hydrogen-bond donors (Lipinski definition) is 1. The maximum absolute atomic E-state index is 5.98. The van der Waals surface area contributed by atoms with Crippen LogP contribution in [-0.4, -0.2) is 39.0 Å². The van der Waals surface area contributed by atoms with Gasteiger partial charge in [0.15, 0.2) is 5.82 Å². The second kappa shape index (κ2) is 5.77. The Kier molecular flexibility index (Phi) is 4.03. The molecule has 1 N–H and O–H groups in total. The van der Waals surface area contributed by atoms with E-state index in [0.29, 0.717) is 17.6 Å². The zero-order valence-corrected chi connectivity index (χ0v) is 12.5. The van der Waals surface area contributed by atoms with Crippen LogP contribution in [0.25, 0.3) is 0 Å². The summed E-state index contributed by atoms with van der Waals surface area (Å²) in [6.45, 7) is 3.67. The van der Waals surface area contributed by atoms with E-state index < -0.39 is 0 Å². The van der Waals surface area contributed by atoms with Gasteiger partial charge in [-0.05, 0) is 36.6 Å². The SMILES string of the molecule is CCO[C@@H]1C[C@H](NCc2nnnn2C)C12CCCCC2. The summed E-state index contributed by atoms with van der Waals surface area (Å²) in [5.41, 5.74) is 0.361. The number of hydrogen-bond acceptors (Lipinski definition) is 5. The highest BCUT2D eigenvalue weighted by Gasteiger charge is 2.55. The van der Waals surface area contributed by atoms with Gasteiger partial charge in [-0.2, -0.15) is 0 Å². The molecule has 0 aromatic carbocycles. The molecule has 2 aliphatic carbocycles. The van der Waals surface area contributed by atoms with Crippen LogP contribution >= 0.6 is 0 Å². The van der Waals surface area contributed by atoms with Crippen molar-refractivity contribution in [2.45, 2.75) is 64.1 Å². The van der Waals surface area contributed by atoms with Crippen molar-refractivity contribution in [1.82, 2.24) is 25.5 Å².